The van der Waals surface area contributed by atoms with E-state index in [0.717, 1.165) is 16.7 Å². The summed E-state index contributed by atoms with van der Waals surface area (Å²) in [5.41, 5.74) is 5.73. The van der Waals surface area contributed by atoms with Gasteiger partial charge in [0.15, 0.2) is 5.78 Å². The molecule has 1 aromatic carbocycles. The van der Waals surface area contributed by atoms with Crippen LogP contribution in [0.3, 0.4) is 0 Å². The molecule has 0 unspecified atom stereocenters. The van der Waals surface area contributed by atoms with Crippen LogP contribution in [0.1, 0.15) is 50.3 Å². The van der Waals surface area contributed by atoms with Crippen LogP contribution in [0.25, 0.3) is 5.57 Å². The van der Waals surface area contributed by atoms with Gasteiger partial charge in [0.1, 0.15) is 0 Å². The summed E-state index contributed by atoms with van der Waals surface area (Å²) in [5, 5.41) is 0. The number of fused-ring (bicyclic) bond motifs is 1. The molecule has 1 heteroatoms. The molecule has 1 aromatic rings. The van der Waals surface area contributed by atoms with Crippen LogP contribution in [0.4, 0.5) is 0 Å². The molecule has 0 fully saturated rings. The van der Waals surface area contributed by atoms with Crippen LogP contribution < -0.4 is 0 Å². The van der Waals surface area contributed by atoms with Crippen LogP contribution in [0.2, 0.25) is 0 Å². The van der Waals surface area contributed by atoms with Crippen molar-refractivity contribution in [3.8, 4) is 0 Å². The van der Waals surface area contributed by atoms with Crippen LogP contribution in [-0.4, -0.2) is 5.78 Å². The molecule has 1 aliphatic carbocycles. The smallest absolute Gasteiger partial charge is 0.167 e. The molecule has 0 amide bonds. The van der Waals surface area contributed by atoms with Gasteiger partial charge in [0.05, 0.1) is 0 Å². The van der Waals surface area contributed by atoms with E-state index in [4.69, 9.17) is 0 Å². The molecule has 0 saturated carbocycles. The van der Waals surface area contributed by atoms with Gasteiger partial charge in [-0.2, -0.15) is 0 Å². The lowest BCUT2D eigenvalue weighted by Gasteiger charge is -2.09. The predicted octanol–water partition coefficient (Wildman–Crippen LogP) is 3.73. The molecule has 16 heavy (non-hydrogen) atoms. The zero-order valence-electron chi connectivity index (χ0n) is 10.4. The van der Waals surface area contributed by atoms with Crippen molar-refractivity contribution in [2.75, 3.05) is 0 Å². The van der Waals surface area contributed by atoms with Crippen molar-refractivity contribution in [1.82, 2.24) is 0 Å². The summed E-state index contributed by atoms with van der Waals surface area (Å²) < 4.78 is 0. The van der Waals surface area contributed by atoms with Gasteiger partial charge in [-0.25, -0.2) is 0 Å². The Kier molecular flexibility index (Phi) is 2.71. The van der Waals surface area contributed by atoms with Crippen molar-refractivity contribution in [2.45, 2.75) is 40.0 Å². The first-order valence-electron chi connectivity index (χ1n) is 5.84. The molecule has 1 nitrogen and oxygen atoms in total. The Hall–Kier alpha value is -1.37. The van der Waals surface area contributed by atoms with Crippen LogP contribution in [0.15, 0.2) is 23.8 Å². The van der Waals surface area contributed by atoms with E-state index >= 15 is 0 Å². The standard InChI is InChI=1S/C15H18O/c1-9(2)11-5-6-12-8-14(16)15(10(3)4)13(12)7-11/h5-7,9H,8H2,1-4H3. The lowest BCUT2D eigenvalue weighted by atomic mass is 9.96. The first kappa shape index (κ1) is 11.1. The first-order valence-corrected chi connectivity index (χ1v) is 5.84. The number of hydrogen-bond donors (Lipinski definition) is 0. The third kappa shape index (κ3) is 1.71. The summed E-state index contributed by atoms with van der Waals surface area (Å²) in [4.78, 5) is 11.9. The van der Waals surface area contributed by atoms with E-state index in [1.807, 2.05) is 13.8 Å². The van der Waals surface area contributed by atoms with Gasteiger partial charge >= 0.3 is 0 Å². The maximum atomic E-state index is 11.9. The van der Waals surface area contributed by atoms with Gasteiger partial charge in [-0.05, 0) is 36.5 Å². The molecule has 0 aliphatic heterocycles. The highest BCUT2D eigenvalue weighted by atomic mass is 16.1. The Labute approximate surface area is 97.2 Å². The van der Waals surface area contributed by atoms with Crippen molar-refractivity contribution >= 4 is 11.4 Å². The van der Waals surface area contributed by atoms with Gasteiger partial charge in [0.25, 0.3) is 0 Å². The molecular weight excluding hydrogens is 196 g/mol. The third-order valence-corrected chi connectivity index (χ3v) is 3.20. The van der Waals surface area contributed by atoms with E-state index in [-0.39, 0.29) is 5.78 Å². The molecule has 0 aromatic heterocycles. The van der Waals surface area contributed by atoms with E-state index in [1.54, 1.807) is 0 Å². The Balaban J connectivity index is 2.60. The van der Waals surface area contributed by atoms with E-state index in [9.17, 15) is 4.79 Å². The van der Waals surface area contributed by atoms with Crippen molar-refractivity contribution in [2.24, 2.45) is 0 Å². The SMILES string of the molecule is CC(C)=C1C(=O)Cc2ccc(C(C)C)cc21. The zero-order chi connectivity index (χ0) is 11.9. The average molecular weight is 214 g/mol. The van der Waals surface area contributed by atoms with Gasteiger partial charge < -0.3 is 0 Å². The van der Waals surface area contributed by atoms with Gasteiger partial charge in [0.2, 0.25) is 0 Å². The number of hydrogen-bond acceptors (Lipinski definition) is 1. The largest absolute Gasteiger partial charge is 0.294 e. The average Bonchev–Trinajstić information content (AvgIpc) is 2.51. The fourth-order valence-electron chi connectivity index (χ4n) is 2.30. The topological polar surface area (TPSA) is 17.1 Å². The summed E-state index contributed by atoms with van der Waals surface area (Å²) in [6.07, 6.45) is 0.578. The normalized spacial score (nSPS) is 14.6. The minimum absolute atomic E-state index is 0.274. The molecule has 0 saturated heterocycles. The summed E-state index contributed by atoms with van der Waals surface area (Å²) in [6.45, 7) is 8.40. The Morgan fingerprint density at radius 1 is 1.25 bits per heavy atom. The number of ketones is 1. The van der Waals surface area contributed by atoms with Crippen LogP contribution in [-0.2, 0) is 11.2 Å². The summed E-state index contributed by atoms with van der Waals surface area (Å²) >= 11 is 0. The van der Waals surface area contributed by atoms with Crippen molar-refractivity contribution in [1.29, 1.82) is 0 Å². The number of carbonyl (C=O) groups excluding carboxylic acids is 1. The summed E-state index contributed by atoms with van der Waals surface area (Å²) in [7, 11) is 0. The highest BCUT2D eigenvalue weighted by Crippen LogP contribution is 2.33. The molecule has 1 aliphatic rings. The molecular formula is C15H18O. The highest BCUT2D eigenvalue weighted by molar-refractivity contribution is 6.26. The number of rotatable bonds is 1. The van der Waals surface area contributed by atoms with Crippen molar-refractivity contribution in [3.63, 3.8) is 0 Å². The molecule has 2 rings (SSSR count). The summed E-state index contributed by atoms with van der Waals surface area (Å²) in [5.74, 6) is 0.787. The van der Waals surface area contributed by atoms with Gasteiger partial charge in [-0.15, -0.1) is 0 Å². The minimum atomic E-state index is 0.274. The fourth-order valence-corrected chi connectivity index (χ4v) is 2.30. The van der Waals surface area contributed by atoms with Crippen LogP contribution in [0, 0.1) is 0 Å². The van der Waals surface area contributed by atoms with Crippen molar-refractivity contribution < 1.29 is 4.79 Å². The van der Waals surface area contributed by atoms with Crippen molar-refractivity contribution in [3.05, 3.63) is 40.5 Å². The minimum Gasteiger partial charge on any atom is -0.294 e. The lowest BCUT2D eigenvalue weighted by molar-refractivity contribution is -0.112. The van der Waals surface area contributed by atoms with Crippen LogP contribution >= 0.6 is 0 Å². The Morgan fingerprint density at radius 2 is 1.94 bits per heavy atom. The number of Topliss-reactive ketones (excluding diaryl/α,β-unsaturated/α-hetero) is 1. The van der Waals surface area contributed by atoms with Gasteiger partial charge in [0, 0.05) is 12.0 Å². The zero-order valence-corrected chi connectivity index (χ0v) is 10.4. The van der Waals surface area contributed by atoms with E-state index in [2.05, 4.69) is 32.0 Å². The predicted molar refractivity (Wildman–Crippen MR) is 67.5 cm³/mol. The van der Waals surface area contributed by atoms with E-state index in [1.165, 1.54) is 11.1 Å². The highest BCUT2D eigenvalue weighted by Gasteiger charge is 2.25. The fraction of sp³-hybridized carbons (Fsp3) is 0.400. The molecule has 0 spiro atoms. The summed E-state index contributed by atoms with van der Waals surface area (Å²) in [6, 6.07) is 6.44. The lowest BCUT2D eigenvalue weighted by Crippen LogP contribution is -1.95. The molecule has 0 bridgehead atoms. The number of benzene rings is 1. The maximum absolute atomic E-state index is 11.9. The van der Waals surface area contributed by atoms with Crippen LogP contribution in [0.5, 0.6) is 0 Å². The second kappa shape index (κ2) is 3.89. The molecule has 0 radical (unpaired) electrons. The first-order chi connectivity index (χ1) is 7.50. The van der Waals surface area contributed by atoms with Gasteiger partial charge in [-0.3, -0.25) is 4.79 Å². The number of allylic oxidation sites excluding steroid dienone is 2. The molecule has 84 valence electrons. The second-order valence-corrected chi connectivity index (χ2v) is 5.05. The maximum Gasteiger partial charge on any atom is 0.167 e. The number of carbonyl (C=O) groups is 1. The quantitative estimate of drug-likeness (QED) is 0.651. The van der Waals surface area contributed by atoms with Gasteiger partial charge in [-0.1, -0.05) is 37.6 Å². The third-order valence-electron chi connectivity index (χ3n) is 3.20. The Morgan fingerprint density at radius 3 is 2.50 bits per heavy atom. The second-order valence-electron chi connectivity index (χ2n) is 5.05. The Bertz CT molecular complexity index is 474. The molecule has 0 N–H and O–H groups in total. The molecule has 0 heterocycles. The van der Waals surface area contributed by atoms with E-state index in [0.29, 0.717) is 12.3 Å². The molecule has 0 atom stereocenters. The van der Waals surface area contributed by atoms with E-state index < -0.39 is 0 Å². The monoisotopic (exact) mass is 214 g/mol.